The van der Waals surface area contributed by atoms with Gasteiger partial charge in [0.15, 0.2) is 5.96 Å². The molecule has 8 heteroatoms. The van der Waals surface area contributed by atoms with E-state index in [4.69, 9.17) is 9.73 Å². The molecule has 1 amide bonds. The molecule has 1 atom stereocenters. The van der Waals surface area contributed by atoms with Gasteiger partial charge in [0.2, 0.25) is 11.8 Å². The highest BCUT2D eigenvalue weighted by Crippen LogP contribution is 2.28. The number of carbonyl (C=O) groups excluding carboxylic acids is 1. The summed E-state index contributed by atoms with van der Waals surface area (Å²) in [6, 6.07) is 4.25. The molecule has 1 aliphatic heterocycles. The number of halogens is 1. The predicted molar refractivity (Wildman–Crippen MR) is 137 cm³/mol. The predicted octanol–water partition coefficient (Wildman–Crippen LogP) is 3.87. The zero-order valence-electron chi connectivity index (χ0n) is 19.2. The fourth-order valence-corrected chi connectivity index (χ4v) is 4.94. The lowest BCUT2D eigenvalue weighted by molar-refractivity contribution is -0.134. The Morgan fingerprint density at radius 1 is 1.16 bits per heavy atom. The zero-order chi connectivity index (χ0) is 21.5. The Bertz CT molecular complexity index is 745. The van der Waals surface area contributed by atoms with Crippen LogP contribution in [-0.4, -0.2) is 53.5 Å². The van der Waals surface area contributed by atoms with Gasteiger partial charge in [0.1, 0.15) is 6.10 Å². The average Bonchev–Trinajstić information content (AvgIpc) is 3.55. The largest absolute Gasteiger partial charge is 0.474 e. The number of likely N-dealkylation sites (tertiary alicyclic amines) is 1. The molecule has 2 N–H and O–H groups in total. The molecule has 178 valence electrons. The molecule has 7 nitrogen and oxygen atoms in total. The molecule has 0 spiro atoms. The molecule has 0 radical (unpaired) electrons. The number of nitrogens with zero attached hydrogens (tertiary/aromatic N) is 3. The lowest BCUT2D eigenvalue weighted by atomic mass is 10.1. The van der Waals surface area contributed by atoms with Crippen molar-refractivity contribution in [3.63, 3.8) is 0 Å². The van der Waals surface area contributed by atoms with E-state index in [1.54, 1.807) is 0 Å². The van der Waals surface area contributed by atoms with Crippen molar-refractivity contribution in [1.82, 2.24) is 20.5 Å². The minimum atomic E-state index is 0. The van der Waals surface area contributed by atoms with Gasteiger partial charge in [0.05, 0.1) is 6.54 Å². The lowest BCUT2D eigenvalue weighted by Crippen LogP contribution is -2.45. The van der Waals surface area contributed by atoms with Crippen LogP contribution >= 0.6 is 24.0 Å². The second-order valence-electron chi connectivity index (χ2n) is 9.12. The molecule has 0 aromatic carbocycles. The first-order valence-corrected chi connectivity index (χ1v) is 12.2. The smallest absolute Gasteiger partial charge is 0.225 e. The molecule has 1 unspecified atom stereocenters. The number of rotatable bonds is 7. The normalized spacial score (nSPS) is 22.1. The zero-order valence-corrected chi connectivity index (χ0v) is 21.6. The Hall–Kier alpha value is -1.58. The fourth-order valence-electron chi connectivity index (χ4n) is 4.94. The van der Waals surface area contributed by atoms with Crippen molar-refractivity contribution in [2.24, 2.45) is 10.9 Å². The highest BCUT2D eigenvalue weighted by atomic mass is 127. The molecule has 32 heavy (non-hydrogen) atoms. The van der Waals surface area contributed by atoms with E-state index in [1.807, 2.05) is 23.2 Å². The van der Waals surface area contributed by atoms with Crippen molar-refractivity contribution in [3.8, 4) is 5.88 Å². The maximum absolute atomic E-state index is 12.7. The summed E-state index contributed by atoms with van der Waals surface area (Å²) in [4.78, 5) is 23.9. The van der Waals surface area contributed by atoms with Gasteiger partial charge >= 0.3 is 0 Å². The van der Waals surface area contributed by atoms with Crippen LogP contribution in [0.1, 0.15) is 70.3 Å². The molecule has 1 saturated heterocycles. The third kappa shape index (κ3) is 6.96. The molecule has 2 heterocycles. The number of guanidine groups is 1. The number of ether oxygens (including phenoxy) is 1. The maximum atomic E-state index is 12.7. The van der Waals surface area contributed by atoms with E-state index in [-0.39, 0.29) is 35.9 Å². The van der Waals surface area contributed by atoms with E-state index in [9.17, 15) is 4.79 Å². The van der Waals surface area contributed by atoms with Crippen LogP contribution < -0.4 is 15.4 Å². The maximum Gasteiger partial charge on any atom is 0.225 e. The first-order valence-electron chi connectivity index (χ1n) is 12.2. The topological polar surface area (TPSA) is 78.9 Å². The minimum absolute atomic E-state index is 0. The second kappa shape index (κ2) is 12.6. The van der Waals surface area contributed by atoms with Gasteiger partial charge in [-0.3, -0.25) is 4.79 Å². The minimum Gasteiger partial charge on any atom is -0.474 e. The van der Waals surface area contributed by atoms with Gasteiger partial charge in [-0.25, -0.2) is 9.98 Å². The van der Waals surface area contributed by atoms with E-state index in [1.165, 1.54) is 25.7 Å². The Morgan fingerprint density at radius 2 is 1.91 bits per heavy atom. The molecular formula is C24H38IN5O2. The van der Waals surface area contributed by atoms with Crippen LogP contribution in [-0.2, 0) is 11.3 Å². The Morgan fingerprint density at radius 3 is 2.59 bits per heavy atom. The van der Waals surface area contributed by atoms with Crippen LogP contribution in [0.15, 0.2) is 23.3 Å². The monoisotopic (exact) mass is 555 g/mol. The molecule has 4 rings (SSSR count). The molecule has 2 saturated carbocycles. The number of nitrogens with one attached hydrogen (secondary N) is 2. The molecular weight excluding hydrogens is 517 g/mol. The van der Waals surface area contributed by atoms with Crippen molar-refractivity contribution in [2.75, 3.05) is 19.6 Å². The lowest BCUT2D eigenvalue weighted by Gasteiger charge is -2.21. The fraction of sp³-hybridized carbons (Fsp3) is 0.708. The number of aromatic nitrogens is 1. The van der Waals surface area contributed by atoms with E-state index in [0.717, 1.165) is 63.3 Å². The SMILES string of the molecule is CCNC(=NCc1ccc(OC2CCCC2)nc1)NC1CCN(C(=O)C2CCCC2)C1.I. The third-order valence-electron chi connectivity index (χ3n) is 6.70. The first-order chi connectivity index (χ1) is 15.2. The first kappa shape index (κ1) is 25.1. The molecule has 1 aromatic rings. The highest BCUT2D eigenvalue weighted by Gasteiger charge is 2.32. The third-order valence-corrected chi connectivity index (χ3v) is 6.70. The summed E-state index contributed by atoms with van der Waals surface area (Å²) in [5.74, 6) is 2.13. The Labute approximate surface area is 209 Å². The van der Waals surface area contributed by atoms with Crippen LogP contribution in [0.3, 0.4) is 0 Å². The highest BCUT2D eigenvalue weighted by molar-refractivity contribution is 14.0. The molecule has 0 bridgehead atoms. The average molecular weight is 556 g/mol. The summed E-state index contributed by atoms with van der Waals surface area (Å²) >= 11 is 0. The van der Waals surface area contributed by atoms with Gasteiger partial charge in [-0.2, -0.15) is 0 Å². The van der Waals surface area contributed by atoms with Gasteiger partial charge < -0.3 is 20.3 Å². The molecule has 3 fully saturated rings. The van der Waals surface area contributed by atoms with Crippen LogP contribution in [0.2, 0.25) is 0 Å². The summed E-state index contributed by atoms with van der Waals surface area (Å²) in [5.41, 5.74) is 1.06. The summed E-state index contributed by atoms with van der Waals surface area (Å²) in [6.45, 7) is 5.05. The Kier molecular flexibility index (Phi) is 9.87. The number of aliphatic imine (C=N–C) groups is 1. The van der Waals surface area contributed by atoms with Crippen LogP contribution in [0.5, 0.6) is 5.88 Å². The Balaban J connectivity index is 0.00000289. The summed E-state index contributed by atoms with van der Waals surface area (Å²) in [6.07, 6.45) is 12.5. The van der Waals surface area contributed by atoms with E-state index >= 15 is 0 Å². The van der Waals surface area contributed by atoms with Gasteiger partial charge in [-0.1, -0.05) is 18.9 Å². The number of pyridine rings is 1. The number of hydrogen-bond acceptors (Lipinski definition) is 4. The van der Waals surface area contributed by atoms with Gasteiger partial charge in [0.25, 0.3) is 0 Å². The van der Waals surface area contributed by atoms with Crippen LogP contribution in [0, 0.1) is 5.92 Å². The quantitative estimate of drug-likeness (QED) is 0.304. The summed E-state index contributed by atoms with van der Waals surface area (Å²) in [5, 5.41) is 6.85. The van der Waals surface area contributed by atoms with Gasteiger partial charge in [-0.15, -0.1) is 24.0 Å². The standard InChI is InChI=1S/C24H37N5O2.HI/c1-2-25-24(28-20-13-14-29(17-20)23(30)19-7-3-4-8-19)27-16-18-11-12-22(26-15-18)31-21-9-5-6-10-21;/h11-12,15,19-21H,2-10,13-14,16-17H2,1H3,(H2,25,27,28);1H. The summed E-state index contributed by atoms with van der Waals surface area (Å²) < 4.78 is 5.95. The van der Waals surface area contributed by atoms with E-state index in [0.29, 0.717) is 24.4 Å². The van der Waals surface area contributed by atoms with Crippen molar-refractivity contribution in [3.05, 3.63) is 23.9 Å². The van der Waals surface area contributed by atoms with Crippen molar-refractivity contribution >= 4 is 35.8 Å². The van der Waals surface area contributed by atoms with E-state index in [2.05, 4.69) is 22.5 Å². The van der Waals surface area contributed by atoms with Gasteiger partial charge in [-0.05, 0) is 57.4 Å². The summed E-state index contributed by atoms with van der Waals surface area (Å²) in [7, 11) is 0. The van der Waals surface area contributed by atoms with Crippen molar-refractivity contribution in [1.29, 1.82) is 0 Å². The van der Waals surface area contributed by atoms with Crippen molar-refractivity contribution in [2.45, 2.75) is 83.4 Å². The van der Waals surface area contributed by atoms with Gasteiger partial charge in [0, 0.05) is 43.9 Å². The van der Waals surface area contributed by atoms with E-state index < -0.39 is 0 Å². The van der Waals surface area contributed by atoms with Crippen molar-refractivity contribution < 1.29 is 9.53 Å². The molecule has 1 aromatic heterocycles. The van der Waals surface area contributed by atoms with Crippen LogP contribution in [0.25, 0.3) is 0 Å². The molecule has 3 aliphatic rings. The second-order valence-corrected chi connectivity index (χ2v) is 9.12. The van der Waals surface area contributed by atoms with Crippen LogP contribution in [0.4, 0.5) is 0 Å². The number of hydrogen-bond donors (Lipinski definition) is 2. The number of amides is 1. The number of carbonyl (C=O) groups is 1. The molecule has 2 aliphatic carbocycles.